The average molecular weight is 252 g/mol. The zero-order valence-electron chi connectivity index (χ0n) is 11.3. The molecule has 0 aliphatic carbocycles. The first-order valence-corrected chi connectivity index (χ1v) is 6.03. The van der Waals surface area contributed by atoms with Crippen LogP contribution in [0.15, 0.2) is 42.5 Å². The zero-order valence-corrected chi connectivity index (χ0v) is 11.3. The third-order valence-electron chi connectivity index (χ3n) is 3.02. The van der Waals surface area contributed by atoms with Crippen LogP contribution in [0.4, 0.5) is 5.69 Å². The molecule has 0 saturated carbocycles. The molecule has 2 aromatic rings. The van der Waals surface area contributed by atoms with Crippen LogP contribution < -0.4 is 9.64 Å². The molecule has 3 nitrogen and oxygen atoms in total. The molecular weight excluding hydrogens is 236 g/mol. The predicted molar refractivity (Wildman–Crippen MR) is 77.5 cm³/mol. The molecule has 0 amide bonds. The third-order valence-corrected chi connectivity index (χ3v) is 3.02. The van der Waals surface area contributed by atoms with Gasteiger partial charge in [-0.05, 0) is 18.2 Å². The van der Waals surface area contributed by atoms with E-state index >= 15 is 0 Å². The van der Waals surface area contributed by atoms with Crippen molar-refractivity contribution < 1.29 is 4.74 Å². The zero-order chi connectivity index (χ0) is 13.8. The van der Waals surface area contributed by atoms with Gasteiger partial charge in [0.15, 0.2) is 0 Å². The number of ether oxygens (including phenoxy) is 1. The van der Waals surface area contributed by atoms with Crippen molar-refractivity contribution in [1.82, 2.24) is 0 Å². The Morgan fingerprint density at radius 1 is 1.05 bits per heavy atom. The van der Waals surface area contributed by atoms with Crippen molar-refractivity contribution in [2.75, 3.05) is 26.1 Å². The summed E-state index contributed by atoms with van der Waals surface area (Å²) in [6.45, 7) is 0. The fourth-order valence-electron chi connectivity index (χ4n) is 2.13. The molecule has 0 atom stereocenters. The molecule has 2 aromatic carbocycles. The molecule has 0 N–H and O–H groups in total. The Balaban J connectivity index is 2.77. The lowest BCUT2D eigenvalue weighted by Crippen LogP contribution is -2.10. The van der Waals surface area contributed by atoms with E-state index in [2.05, 4.69) is 6.07 Å². The van der Waals surface area contributed by atoms with Crippen molar-refractivity contribution >= 4 is 5.69 Å². The van der Waals surface area contributed by atoms with Gasteiger partial charge in [0.25, 0.3) is 0 Å². The molecule has 3 heteroatoms. The highest BCUT2D eigenvalue weighted by molar-refractivity contribution is 5.86. The molecule has 96 valence electrons. The van der Waals surface area contributed by atoms with E-state index in [1.165, 1.54) is 0 Å². The summed E-state index contributed by atoms with van der Waals surface area (Å²) >= 11 is 0. The van der Waals surface area contributed by atoms with E-state index in [-0.39, 0.29) is 0 Å². The summed E-state index contributed by atoms with van der Waals surface area (Å²) in [6.07, 6.45) is 0. The molecule has 0 heterocycles. The van der Waals surface area contributed by atoms with Crippen LogP contribution >= 0.6 is 0 Å². The van der Waals surface area contributed by atoms with E-state index in [1.807, 2.05) is 61.5 Å². The highest BCUT2D eigenvalue weighted by Crippen LogP contribution is 2.39. The fourth-order valence-corrected chi connectivity index (χ4v) is 2.13. The van der Waals surface area contributed by atoms with Gasteiger partial charge in [0.05, 0.1) is 18.7 Å². The molecule has 2 rings (SSSR count). The Labute approximate surface area is 113 Å². The van der Waals surface area contributed by atoms with Crippen LogP contribution in [-0.2, 0) is 0 Å². The molecule has 0 aromatic heterocycles. The van der Waals surface area contributed by atoms with Gasteiger partial charge in [-0.2, -0.15) is 5.26 Å². The Kier molecular flexibility index (Phi) is 3.72. The van der Waals surface area contributed by atoms with Gasteiger partial charge in [0, 0.05) is 30.9 Å². The molecule has 0 spiro atoms. The Hall–Kier alpha value is -2.47. The van der Waals surface area contributed by atoms with Crippen LogP contribution in [0.3, 0.4) is 0 Å². The van der Waals surface area contributed by atoms with Gasteiger partial charge in [-0.1, -0.05) is 24.3 Å². The summed E-state index contributed by atoms with van der Waals surface area (Å²) in [5.41, 5.74) is 3.52. The Morgan fingerprint density at radius 2 is 1.79 bits per heavy atom. The minimum atomic E-state index is 0.648. The molecule has 19 heavy (non-hydrogen) atoms. The molecular formula is C16H16N2O. The standard InChI is InChI=1S/C16H16N2O/c1-18(2)14-9-6-10-15(19-3)16(14)13-8-5-4-7-12(13)11-17/h4-10H,1-3H3. The largest absolute Gasteiger partial charge is 0.496 e. The number of benzene rings is 2. The van der Waals surface area contributed by atoms with E-state index in [4.69, 9.17) is 4.74 Å². The predicted octanol–water partition coefficient (Wildman–Crippen LogP) is 3.30. The van der Waals surface area contributed by atoms with Crippen LogP contribution in [-0.4, -0.2) is 21.2 Å². The smallest absolute Gasteiger partial charge is 0.128 e. The molecule has 0 saturated heterocycles. The third kappa shape index (κ3) is 2.38. The van der Waals surface area contributed by atoms with Crippen molar-refractivity contribution in [2.45, 2.75) is 0 Å². The second-order valence-electron chi connectivity index (χ2n) is 4.41. The first kappa shape index (κ1) is 13.0. The summed E-state index contributed by atoms with van der Waals surface area (Å²) in [4.78, 5) is 2.02. The minimum Gasteiger partial charge on any atom is -0.496 e. The van der Waals surface area contributed by atoms with Crippen molar-refractivity contribution in [3.63, 3.8) is 0 Å². The molecule has 0 unspecified atom stereocenters. The van der Waals surface area contributed by atoms with Gasteiger partial charge >= 0.3 is 0 Å². The van der Waals surface area contributed by atoms with Crippen LogP contribution in [0.1, 0.15) is 5.56 Å². The van der Waals surface area contributed by atoms with Gasteiger partial charge in [-0.15, -0.1) is 0 Å². The lowest BCUT2D eigenvalue weighted by Gasteiger charge is -2.20. The second-order valence-corrected chi connectivity index (χ2v) is 4.41. The maximum absolute atomic E-state index is 9.27. The van der Waals surface area contributed by atoms with Gasteiger partial charge in [-0.25, -0.2) is 0 Å². The van der Waals surface area contributed by atoms with Crippen molar-refractivity contribution in [2.24, 2.45) is 0 Å². The summed E-state index contributed by atoms with van der Waals surface area (Å²) < 4.78 is 5.45. The summed E-state index contributed by atoms with van der Waals surface area (Å²) in [7, 11) is 5.60. The first-order chi connectivity index (χ1) is 9.19. The molecule has 0 radical (unpaired) electrons. The number of nitriles is 1. The first-order valence-electron chi connectivity index (χ1n) is 6.03. The Morgan fingerprint density at radius 3 is 2.42 bits per heavy atom. The van der Waals surface area contributed by atoms with Crippen molar-refractivity contribution in [3.8, 4) is 22.9 Å². The van der Waals surface area contributed by atoms with E-state index in [1.54, 1.807) is 7.11 Å². The SMILES string of the molecule is COc1cccc(N(C)C)c1-c1ccccc1C#N. The van der Waals surface area contributed by atoms with Crippen LogP contribution in [0, 0.1) is 11.3 Å². The number of nitrogens with zero attached hydrogens (tertiary/aromatic N) is 2. The minimum absolute atomic E-state index is 0.648. The lowest BCUT2D eigenvalue weighted by molar-refractivity contribution is 0.416. The van der Waals surface area contributed by atoms with Gasteiger partial charge in [-0.3, -0.25) is 0 Å². The Bertz CT molecular complexity index is 627. The quantitative estimate of drug-likeness (QED) is 0.841. The summed E-state index contributed by atoms with van der Waals surface area (Å²) in [5.74, 6) is 0.772. The maximum Gasteiger partial charge on any atom is 0.128 e. The van der Waals surface area contributed by atoms with Crippen LogP contribution in [0.5, 0.6) is 5.75 Å². The van der Waals surface area contributed by atoms with Crippen molar-refractivity contribution in [3.05, 3.63) is 48.0 Å². The number of methoxy groups -OCH3 is 1. The van der Waals surface area contributed by atoms with Crippen LogP contribution in [0.25, 0.3) is 11.1 Å². The monoisotopic (exact) mass is 252 g/mol. The number of rotatable bonds is 3. The molecule has 0 fully saturated rings. The summed E-state index contributed by atoms with van der Waals surface area (Å²) in [6, 6.07) is 15.7. The van der Waals surface area contributed by atoms with E-state index in [0.717, 1.165) is 22.6 Å². The fraction of sp³-hybridized carbons (Fsp3) is 0.188. The topological polar surface area (TPSA) is 36.3 Å². The molecule has 0 aliphatic rings. The number of anilines is 1. The molecule has 0 aliphatic heterocycles. The average Bonchev–Trinajstić information content (AvgIpc) is 2.46. The number of hydrogen-bond donors (Lipinski definition) is 0. The normalized spacial score (nSPS) is 9.79. The second kappa shape index (κ2) is 5.45. The number of hydrogen-bond acceptors (Lipinski definition) is 3. The van der Waals surface area contributed by atoms with E-state index < -0.39 is 0 Å². The van der Waals surface area contributed by atoms with Crippen molar-refractivity contribution in [1.29, 1.82) is 5.26 Å². The van der Waals surface area contributed by atoms with Gasteiger partial charge in [0.1, 0.15) is 5.75 Å². The summed E-state index contributed by atoms with van der Waals surface area (Å²) in [5, 5.41) is 9.27. The van der Waals surface area contributed by atoms with Crippen LogP contribution in [0.2, 0.25) is 0 Å². The molecule has 0 bridgehead atoms. The van der Waals surface area contributed by atoms with E-state index in [0.29, 0.717) is 5.56 Å². The lowest BCUT2D eigenvalue weighted by atomic mass is 9.97. The maximum atomic E-state index is 9.27. The van der Waals surface area contributed by atoms with Gasteiger partial charge < -0.3 is 9.64 Å². The van der Waals surface area contributed by atoms with E-state index in [9.17, 15) is 5.26 Å². The highest BCUT2D eigenvalue weighted by Gasteiger charge is 2.15. The van der Waals surface area contributed by atoms with Gasteiger partial charge in [0.2, 0.25) is 0 Å². The highest BCUT2D eigenvalue weighted by atomic mass is 16.5.